The number of aryl methyl sites for hydroxylation is 2. The summed E-state index contributed by atoms with van der Waals surface area (Å²) in [5.41, 5.74) is 8.27. The second kappa shape index (κ2) is 10.9. The summed E-state index contributed by atoms with van der Waals surface area (Å²) in [6, 6.07) is 10.4. The summed E-state index contributed by atoms with van der Waals surface area (Å²) in [5, 5.41) is 2.21. The quantitative estimate of drug-likeness (QED) is 0.524. The molecule has 0 aromatic heterocycles. The van der Waals surface area contributed by atoms with Crippen molar-refractivity contribution >= 4 is 46.5 Å². The zero-order chi connectivity index (χ0) is 24.8. The lowest BCUT2D eigenvalue weighted by Crippen LogP contribution is -2.36. The van der Waals surface area contributed by atoms with Crippen molar-refractivity contribution in [3.63, 3.8) is 0 Å². The van der Waals surface area contributed by atoms with Crippen LogP contribution in [0.3, 0.4) is 0 Å². The van der Waals surface area contributed by atoms with Gasteiger partial charge in [-0.2, -0.15) is 0 Å². The van der Waals surface area contributed by atoms with Gasteiger partial charge < -0.3 is 20.5 Å². The molecule has 9 nitrogen and oxygen atoms in total. The smallest absolute Gasteiger partial charge is 0.294 e. The monoisotopic (exact) mass is 483 g/mol. The molecule has 1 aliphatic heterocycles. The van der Waals surface area contributed by atoms with Crippen LogP contribution >= 0.6 is 11.8 Å². The van der Waals surface area contributed by atoms with E-state index in [-0.39, 0.29) is 18.1 Å². The summed E-state index contributed by atoms with van der Waals surface area (Å²) in [7, 11) is 0. The number of anilines is 1. The van der Waals surface area contributed by atoms with Gasteiger partial charge in [0.15, 0.2) is 18.1 Å². The number of thioether (sulfide) groups is 1. The predicted molar refractivity (Wildman–Crippen MR) is 130 cm³/mol. The standard InChI is InChI=1S/C24H25N3O6S/c1-4-32-19-10-16(6-8-18(19)33-13-21(25)28)11-20-23(30)27(24(31)34-20)12-22(29)26-17-7-5-14(2)9-15(17)3/h5-11H,4,12-13H2,1-3H3,(H2,25,28)(H,26,29)/b20-11-. The number of nitrogens with one attached hydrogen (secondary N) is 1. The normalized spacial score (nSPS) is 14.4. The third-order valence-corrected chi connectivity index (χ3v) is 5.67. The summed E-state index contributed by atoms with van der Waals surface area (Å²) in [6.07, 6.45) is 1.54. The second-order valence-corrected chi connectivity index (χ2v) is 8.52. The number of carbonyl (C=O) groups excluding carboxylic acids is 4. The average molecular weight is 484 g/mol. The largest absolute Gasteiger partial charge is 0.490 e. The van der Waals surface area contributed by atoms with Crippen molar-refractivity contribution in [2.45, 2.75) is 20.8 Å². The first-order valence-corrected chi connectivity index (χ1v) is 11.3. The van der Waals surface area contributed by atoms with Crippen LogP contribution in [0.5, 0.6) is 11.5 Å². The number of amides is 4. The fourth-order valence-corrected chi connectivity index (χ4v) is 4.06. The molecule has 0 radical (unpaired) electrons. The first-order chi connectivity index (χ1) is 16.2. The maximum Gasteiger partial charge on any atom is 0.294 e. The number of hydrogen-bond donors (Lipinski definition) is 2. The van der Waals surface area contributed by atoms with Gasteiger partial charge in [-0.25, -0.2) is 0 Å². The minimum Gasteiger partial charge on any atom is -0.490 e. The van der Waals surface area contributed by atoms with E-state index < -0.39 is 23.0 Å². The molecule has 4 amide bonds. The number of ether oxygens (including phenoxy) is 2. The maximum absolute atomic E-state index is 12.8. The van der Waals surface area contributed by atoms with Gasteiger partial charge in [-0.1, -0.05) is 23.8 Å². The van der Waals surface area contributed by atoms with Crippen LogP contribution in [0.15, 0.2) is 41.3 Å². The van der Waals surface area contributed by atoms with Gasteiger partial charge in [0.1, 0.15) is 6.54 Å². The Labute approximate surface area is 201 Å². The number of nitrogens with two attached hydrogens (primary N) is 1. The highest BCUT2D eigenvalue weighted by molar-refractivity contribution is 8.18. The minimum atomic E-state index is -0.623. The van der Waals surface area contributed by atoms with Crippen LogP contribution in [0.4, 0.5) is 10.5 Å². The number of carbonyl (C=O) groups is 4. The minimum absolute atomic E-state index is 0.178. The van der Waals surface area contributed by atoms with Gasteiger partial charge in [-0.3, -0.25) is 24.1 Å². The van der Waals surface area contributed by atoms with Gasteiger partial charge >= 0.3 is 0 Å². The highest BCUT2D eigenvalue weighted by Crippen LogP contribution is 2.34. The Morgan fingerprint density at radius 3 is 2.53 bits per heavy atom. The van der Waals surface area contributed by atoms with E-state index in [0.717, 1.165) is 27.8 Å². The molecule has 1 heterocycles. The molecule has 3 rings (SSSR count). The predicted octanol–water partition coefficient (Wildman–Crippen LogP) is 3.24. The summed E-state index contributed by atoms with van der Waals surface area (Å²) < 4.78 is 10.9. The Balaban J connectivity index is 1.72. The van der Waals surface area contributed by atoms with Gasteiger partial charge in [0.05, 0.1) is 11.5 Å². The average Bonchev–Trinajstić information content (AvgIpc) is 3.02. The van der Waals surface area contributed by atoms with Gasteiger partial charge in [0.2, 0.25) is 5.91 Å². The third kappa shape index (κ3) is 6.16. The molecule has 2 aromatic rings. The van der Waals surface area contributed by atoms with E-state index >= 15 is 0 Å². The maximum atomic E-state index is 12.8. The summed E-state index contributed by atoms with van der Waals surface area (Å²) in [6.45, 7) is 5.26. The number of imide groups is 1. The van der Waals surface area contributed by atoms with E-state index in [9.17, 15) is 19.2 Å². The Morgan fingerprint density at radius 2 is 1.85 bits per heavy atom. The van der Waals surface area contributed by atoms with Crippen LogP contribution in [-0.4, -0.2) is 47.6 Å². The highest BCUT2D eigenvalue weighted by atomic mass is 32.2. The second-order valence-electron chi connectivity index (χ2n) is 7.53. The van der Waals surface area contributed by atoms with Crippen molar-refractivity contribution < 1.29 is 28.7 Å². The molecular weight excluding hydrogens is 458 g/mol. The van der Waals surface area contributed by atoms with Crippen LogP contribution in [-0.2, 0) is 14.4 Å². The molecule has 1 fully saturated rings. The van der Waals surface area contributed by atoms with Crippen molar-refractivity contribution in [3.05, 3.63) is 58.0 Å². The van der Waals surface area contributed by atoms with Gasteiger partial charge in [-0.15, -0.1) is 0 Å². The number of benzene rings is 2. The molecule has 34 heavy (non-hydrogen) atoms. The van der Waals surface area contributed by atoms with E-state index in [1.54, 1.807) is 31.2 Å². The summed E-state index contributed by atoms with van der Waals surface area (Å²) >= 11 is 0.753. The molecule has 0 unspecified atom stereocenters. The molecule has 0 atom stereocenters. The fraction of sp³-hybridized carbons (Fsp3) is 0.250. The van der Waals surface area contributed by atoms with Crippen molar-refractivity contribution in [1.29, 1.82) is 0 Å². The molecule has 2 aromatic carbocycles. The lowest BCUT2D eigenvalue weighted by Gasteiger charge is -2.14. The van der Waals surface area contributed by atoms with Crippen molar-refractivity contribution in [2.24, 2.45) is 5.73 Å². The lowest BCUT2D eigenvalue weighted by atomic mass is 10.1. The Morgan fingerprint density at radius 1 is 1.09 bits per heavy atom. The Bertz CT molecular complexity index is 1180. The zero-order valence-electron chi connectivity index (χ0n) is 19.0. The number of rotatable bonds is 9. The molecule has 0 spiro atoms. The zero-order valence-corrected chi connectivity index (χ0v) is 19.9. The Hall–Kier alpha value is -3.79. The number of nitrogens with zero attached hydrogens (tertiary/aromatic N) is 1. The van der Waals surface area contributed by atoms with E-state index in [4.69, 9.17) is 15.2 Å². The van der Waals surface area contributed by atoms with Crippen LogP contribution in [0, 0.1) is 13.8 Å². The molecule has 0 saturated carbocycles. The van der Waals surface area contributed by atoms with Crippen LogP contribution < -0.4 is 20.5 Å². The van der Waals surface area contributed by atoms with Crippen LogP contribution in [0.2, 0.25) is 0 Å². The SMILES string of the molecule is CCOc1cc(/C=C2\SC(=O)N(CC(=O)Nc3ccc(C)cc3C)C2=O)ccc1OCC(N)=O. The van der Waals surface area contributed by atoms with Crippen molar-refractivity contribution in [1.82, 2.24) is 4.90 Å². The first kappa shape index (κ1) is 24.8. The van der Waals surface area contributed by atoms with Crippen molar-refractivity contribution in [3.8, 4) is 11.5 Å². The van der Waals surface area contributed by atoms with Crippen LogP contribution in [0.25, 0.3) is 6.08 Å². The lowest BCUT2D eigenvalue weighted by molar-refractivity contribution is -0.127. The topological polar surface area (TPSA) is 128 Å². The van der Waals surface area contributed by atoms with E-state index in [2.05, 4.69) is 5.32 Å². The summed E-state index contributed by atoms with van der Waals surface area (Å²) in [5.74, 6) is -0.955. The number of primary amides is 1. The van der Waals surface area contributed by atoms with Gasteiger partial charge in [0, 0.05) is 5.69 Å². The van der Waals surface area contributed by atoms with Gasteiger partial charge in [-0.05, 0) is 67.9 Å². The Kier molecular flexibility index (Phi) is 7.95. The molecule has 0 aliphatic carbocycles. The molecular formula is C24H25N3O6S. The number of hydrogen-bond acceptors (Lipinski definition) is 7. The highest BCUT2D eigenvalue weighted by Gasteiger charge is 2.36. The molecule has 1 saturated heterocycles. The fourth-order valence-electron chi connectivity index (χ4n) is 3.23. The molecule has 178 valence electrons. The van der Waals surface area contributed by atoms with Crippen LogP contribution in [0.1, 0.15) is 23.6 Å². The van der Waals surface area contributed by atoms with E-state index in [1.807, 2.05) is 26.0 Å². The molecule has 10 heteroatoms. The first-order valence-electron chi connectivity index (χ1n) is 10.5. The van der Waals surface area contributed by atoms with Crippen molar-refractivity contribution in [2.75, 3.05) is 25.1 Å². The molecule has 3 N–H and O–H groups in total. The third-order valence-electron chi connectivity index (χ3n) is 4.77. The summed E-state index contributed by atoms with van der Waals surface area (Å²) in [4.78, 5) is 49.8. The van der Waals surface area contributed by atoms with E-state index in [1.165, 1.54) is 6.08 Å². The molecule has 0 bridgehead atoms. The van der Waals surface area contributed by atoms with E-state index in [0.29, 0.717) is 29.4 Å². The van der Waals surface area contributed by atoms with Gasteiger partial charge in [0.25, 0.3) is 17.1 Å². The molecule has 1 aliphatic rings.